The molecule has 5 rings (SSSR count). The number of aryl methyl sites for hydroxylation is 1. The van der Waals surface area contributed by atoms with E-state index < -0.39 is 11.6 Å². The predicted molar refractivity (Wildman–Crippen MR) is 169 cm³/mol. The number of anilines is 2. The average Bonchev–Trinajstić information content (AvgIpc) is 3.43. The number of esters is 1. The van der Waals surface area contributed by atoms with Crippen LogP contribution >= 0.6 is 0 Å². The molecule has 2 aromatic carbocycles. The molecule has 0 aliphatic carbocycles. The van der Waals surface area contributed by atoms with Crippen molar-refractivity contribution < 1.29 is 14.3 Å². The van der Waals surface area contributed by atoms with Gasteiger partial charge in [-0.05, 0) is 56.5 Å². The zero-order chi connectivity index (χ0) is 29.9. The summed E-state index contributed by atoms with van der Waals surface area (Å²) in [6.07, 6.45) is 7.03. The maximum atomic E-state index is 13.6. The molecule has 0 radical (unpaired) electrons. The summed E-state index contributed by atoms with van der Waals surface area (Å²) in [6.45, 7) is 12.8. The summed E-state index contributed by atoms with van der Waals surface area (Å²) >= 11 is 0. The van der Waals surface area contributed by atoms with Gasteiger partial charge in [0.15, 0.2) is 0 Å². The number of rotatable bonds is 12. The van der Waals surface area contributed by atoms with E-state index in [4.69, 9.17) is 9.72 Å². The lowest BCUT2D eigenvalue weighted by Crippen LogP contribution is -2.33. The van der Waals surface area contributed by atoms with Crippen LogP contribution in [0, 0.1) is 6.92 Å². The zero-order valence-corrected chi connectivity index (χ0v) is 25.5. The fraction of sp³-hybridized carbons (Fsp3) is 0.400. The van der Waals surface area contributed by atoms with Crippen LogP contribution in [0.3, 0.4) is 0 Å². The molecule has 1 amide bonds. The van der Waals surface area contributed by atoms with E-state index in [-0.39, 0.29) is 5.91 Å². The SMILES string of the molecule is CCCCCn1c(C)c(C2(c3ccc(N(CCC)CCC)cc3NC(C)=O)OC(=O)c3cccnc32)c2ccccc21. The normalized spacial score (nSPS) is 16.0. The van der Waals surface area contributed by atoms with E-state index in [1.54, 1.807) is 18.3 Å². The molecule has 7 nitrogen and oxygen atoms in total. The van der Waals surface area contributed by atoms with Crippen LogP contribution in [0.15, 0.2) is 60.8 Å². The van der Waals surface area contributed by atoms with Crippen LogP contribution in [0.1, 0.15) is 92.7 Å². The second-order valence-electron chi connectivity index (χ2n) is 11.2. The van der Waals surface area contributed by atoms with E-state index in [9.17, 15) is 9.59 Å². The number of carbonyl (C=O) groups is 2. The molecule has 1 aliphatic heterocycles. The van der Waals surface area contributed by atoms with Crippen LogP contribution < -0.4 is 10.2 Å². The van der Waals surface area contributed by atoms with Crippen molar-refractivity contribution in [1.29, 1.82) is 0 Å². The summed E-state index contributed by atoms with van der Waals surface area (Å²) in [5.74, 6) is -0.609. The Bertz CT molecular complexity index is 1600. The van der Waals surface area contributed by atoms with Crippen molar-refractivity contribution in [2.75, 3.05) is 23.3 Å². The van der Waals surface area contributed by atoms with Crippen LogP contribution in [0.2, 0.25) is 0 Å². The molecule has 0 fully saturated rings. The fourth-order valence-electron chi connectivity index (χ4n) is 6.50. The molecule has 3 heterocycles. The minimum absolute atomic E-state index is 0.189. The first-order valence-corrected chi connectivity index (χ1v) is 15.3. The Morgan fingerprint density at radius 2 is 1.76 bits per heavy atom. The van der Waals surface area contributed by atoms with Crippen molar-refractivity contribution in [3.8, 4) is 0 Å². The molecule has 1 aliphatic rings. The van der Waals surface area contributed by atoms with Crippen LogP contribution in [0.5, 0.6) is 0 Å². The molecular weight excluding hydrogens is 524 g/mol. The number of amides is 1. The first-order valence-electron chi connectivity index (χ1n) is 15.3. The number of nitrogens with one attached hydrogen (secondary N) is 1. The van der Waals surface area contributed by atoms with E-state index in [2.05, 4.69) is 66.7 Å². The number of hydrogen-bond acceptors (Lipinski definition) is 5. The summed E-state index contributed by atoms with van der Waals surface area (Å²) in [4.78, 5) is 33.4. The van der Waals surface area contributed by atoms with Crippen molar-refractivity contribution in [1.82, 2.24) is 9.55 Å². The summed E-state index contributed by atoms with van der Waals surface area (Å²) in [5, 5.41) is 4.10. The Morgan fingerprint density at radius 1 is 1.00 bits per heavy atom. The minimum Gasteiger partial charge on any atom is -0.439 e. The number of fused-ring (bicyclic) bond motifs is 2. The highest BCUT2D eigenvalue weighted by Gasteiger charge is 2.53. The zero-order valence-electron chi connectivity index (χ0n) is 25.5. The third-order valence-corrected chi connectivity index (χ3v) is 8.22. The van der Waals surface area contributed by atoms with Gasteiger partial charge in [0.05, 0.1) is 11.3 Å². The van der Waals surface area contributed by atoms with Crippen LogP contribution in [0.4, 0.5) is 11.4 Å². The number of hydrogen-bond donors (Lipinski definition) is 1. The standard InChI is InChI=1S/C35H42N4O3/c1-6-9-12-22-39-24(4)32(27-14-10-11-16-31(27)39)35(33-28(34(41)42-35)15-13-19-36-33)29-18-17-26(23-30(29)37-25(5)40)38(20-7-2)21-8-3/h10-11,13-19,23H,6-9,12,20-22H2,1-5H3,(H,37,40). The number of pyridine rings is 1. The maximum absolute atomic E-state index is 13.6. The Balaban J connectivity index is 1.84. The number of nitrogens with zero attached hydrogens (tertiary/aromatic N) is 3. The fourth-order valence-corrected chi connectivity index (χ4v) is 6.50. The number of ether oxygens (including phenoxy) is 1. The number of para-hydroxylation sites is 1. The van der Waals surface area contributed by atoms with Gasteiger partial charge in [-0.15, -0.1) is 0 Å². The highest BCUT2D eigenvalue weighted by molar-refractivity contribution is 5.99. The van der Waals surface area contributed by atoms with Crippen molar-refractivity contribution in [3.05, 3.63) is 88.9 Å². The molecule has 1 atom stereocenters. The first-order chi connectivity index (χ1) is 20.4. The average molecular weight is 567 g/mol. The molecule has 0 bridgehead atoms. The predicted octanol–water partition coefficient (Wildman–Crippen LogP) is 7.58. The topological polar surface area (TPSA) is 76.5 Å². The Hall–Kier alpha value is -4.13. The molecule has 1 unspecified atom stereocenters. The van der Waals surface area contributed by atoms with Gasteiger partial charge in [0.1, 0.15) is 5.69 Å². The smallest absolute Gasteiger partial charge is 0.341 e. The molecule has 4 aromatic rings. The molecule has 2 aromatic heterocycles. The quantitative estimate of drug-likeness (QED) is 0.141. The molecule has 0 saturated heterocycles. The van der Waals surface area contributed by atoms with Crippen LogP contribution in [0.25, 0.3) is 10.9 Å². The Kier molecular flexibility index (Phi) is 8.66. The molecule has 0 spiro atoms. The van der Waals surface area contributed by atoms with Gasteiger partial charge in [-0.1, -0.05) is 57.9 Å². The first kappa shape index (κ1) is 29.4. The monoisotopic (exact) mass is 566 g/mol. The van der Waals surface area contributed by atoms with E-state index in [0.29, 0.717) is 22.5 Å². The van der Waals surface area contributed by atoms with Gasteiger partial charge in [-0.3, -0.25) is 9.78 Å². The van der Waals surface area contributed by atoms with E-state index in [1.807, 2.05) is 18.2 Å². The number of carbonyl (C=O) groups excluding carboxylic acids is 2. The van der Waals surface area contributed by atoms with E-state index in [0.717, 1.165) is 79.6 Å². The summed E-state index contributed by atoms with van der Waals surface area (Å²) in [7, 11) is 0. The molecule has 220 valence electrons. The van der Waals surface area contributed by atoms with Gasteiger partial charge < -0.3 is 19.5 Å². The number of cyclic esters (lactones) is 1. The van der Waals surface area contributed by atoms with E-state index >= 15 is 0 Å². The highest BCUT2D eigenvalue weighted by Crippen LogP contribution is 2.52. The number of benzene rings is 2. The Morgan fingerprint density at radius 3 is 2.48 bits per heavy atom. The summed E-state index contributed by atoms with van der Waals surface area (Å²) < 4.78 is 8.90. The van der Waals surface area contributed by atoms with Crippen LogP contribution in [-0.4, -0.2) is 34.5 Å². The van der Waals surface area contributed by atoms with E-state index in [1.165, 1.54) is 6.92 Å². The number of unbranched alkanes of at least 4 members (excludes halogenated alkanes) is 2. The summed E-state index contributed by atoms with van der Waals surface area (Å²) in [5.41, 5.74) is 4.98. The lowest BCUT2D eigenvalue weighted by Gasteiger charge is -2.33. The molecule has 0 saturated carbocycles. The lowest BCUT2D eigenvalue weighted by molar-refractivity contribution is -0.114. The number of aromatic nitrogens is 2. The molecule has 7 heteroatoms. The van der Waals surface area contributed by atoms with Gasteiger partial charge in [0.2, 0.25) is 11.5 Å². The van der Waals surface area contributed by atoms with Gasteiger partial charge in [-0.2, -0.15) is 0 Å². The highest BCUT2D eigenvalue weighted by atomic mass is 16.6. The van der Waals surface area contributed by atoms with Gasteiger partial charge >= 0.3 is 5.97 Å². The lowest BCUT2D eigenvalue weighted by atomic mass is 9.80. The van der Waals surface area contributed by atoms with Crippen molar-refractivity contribution in [2.24, 2.45) is 0 Å². The van der Waals surface area contributed by atoms with Gasteiger partial charge in [0, 0.05) is 66.2 Å². The van der Waals surface area contributed by atoms with Crippen molar-refractivity contribution in [2.45, 2.75) is 78.9 Å². The molecular formula is C35H42N4O3. The van der Waals surface area contributed by atoms with Gasteiger partial charge in [0.25, 0.3) is 0 Å². The minimum atomic E-state index is -1.34. The third-order valence-electron chi connectivity index (χ3n) is 8.22. The van der Waals surface area contributed by atoms with Crippen molar-refractivity contribution >= 4 is 34.2 Å². The summed E-state index contributed by atoms with van der Waals surface area (Å²) in [6, 6.07) is 18.0. The second-order valence-corrected chi connectivity index (χ2v) is 11.2. The Labute approximate surface area is 248 Å². The second kappa shape index (κ2) is 12.4. The maximum Gasteiger partial charge on any atom is 0.341 e. The molecule has 1 N–H and O–H groups in total. The largest absolute Gasteiger partial charge is 0.439 e. The van der Waals surface area contributed by atoms with Crippen LogP contribution in [-0.2, 0) is 21.7 Å². The third kappa shape index (κ3) is 5.06. The van der Waals surface area contributed by atoms with Crippen molar-refractivity contribution in [3.63, 3.8) is 0 Å². The molecule has 42 heavy (non-hydrogen) atoms. The van der Waals surface area contributed by atoms with Gasteiger partial charge in [-0.25, -0.2) is 4.79 Å².